The Morgan fingerprint density at radius 3 is 1.41 bits per heavy atom. The lowest BCUT2D eigenvalue weighted by atomic mass is 9.89. The van der Waals surface area contributed by atoms with Crippen molar-refractivity contribution in [2.75, 3.05) is 41.3 Å². The average molecular weight is 891 g/mol. The lowest BCUT2D eigenvalue weighted by molar-refractivity contribution is -0.137. The minimum absolute atomic E-state index is 0.0333. The molecule has 0 spiro atoms. The Balaban J connectivity index is 0.000000463. The molecule has 0 fully saturated rings. The molecule has 18 nitrogen and oxygen atoms in total. The molecule has 6 atom stereocenters. The number of nitrogens with one attached hydrogen (secondary N) is 5. The number of aliphatic hydroxyl groups excluding tert-OH is 2. The molecule has 3 rings (SSSR count). The van der Waals surface area contributed by atoms with Gasteiger partial charge in [0, 0.05) is 33.7 Å². The van der Waals surface area contributed by atoms with Crippen molar-refractivity contribution in [3.05, 3.63) is 108 Å². The van der Waals surface area contributed by atoms with Crippen LogP contribution in [0.3, 0.4) is 0 Å². The number of likely N-dealkylation sites (N-methyl/N-ethyl adjacent to an activating group) is 2. The molecule has 7 amide bonds. The Labute approximate surface area is 375 Å². The van der Waals surface area contributed by atoms with Crippen molar-refractivity contribution in [2.45, 2.75) is 95.4 Å². The summed E-state index contributed by atoms with van der Waals surface area (Å²) in [6.07, 6.45) is -1.86. The van der Waals surface area contributed by atoms with Gasteiger partial charge < -0.3 is 57.1 Å². The highest BCUT2D eigenvalue weighted by atomic mass is 16.5. The van der Waals surface area contributed by atoms with Crippen LogP contribution in [0.25, 0.3) is 0 Å². The third kappa shape index (κ3) is 17.4. The maximum absolute atomic E-state index is 12.7. The van der Waals surface area contributed by atoms with E-state index in [4.69, 9.17) is 10.5 Å². The van der Waals surface area contributed by atoms with Crippen LogP contribution >= 0.6 is 0 Å². The zero-order chi connectivity index (χ0) is 48.0. The number of benzene rings is 3. The molecule has 0 aliphatic carbocycles. The molecule has 64 heavy (non-hydrogen) atoms. The molecule has 0 saturated carbocycles. The third-order valence-electron chi connectivity index (χ3n) is 9.98. The van der Waals surface area contributed by atoms with Gasteiger partial charge in [-0.15, -0.1) is 0 Å². The van der Waals surface area contributed by atoms with Crippen LogP contribution in [-0.2, 0) is 40.1 Å². The molecule has 3 aromatic rings. The van der Waals surface area contributed by atoms with Crippen molar-refractivity contribution < 1.29 is 48.5 Å². The molecule has 18 heteroatoms. The molecule has 0 radical (unpaired) electrons. The predicted molar refractivity (Wildman–Crippen MR) is 241 cm³/mol. The van der Waals surface area contributed by atoms with Crippen molar-refractivity contribution in [1.29, 1.82) is 0 Å². The second kappa shape index (κ2) is 26.3. The number of amides is 7. The third-order valence-corrected chi connectivity index (χ3v) is 9.98. The highest BCUT2D eigenvalue weighted by Gasteiger charge is 2.39. The van der Waals surface area contributed by atoms with Gasteiger partial charge in [0.05, 0.1) is 18.6 Å². The summed E-state index contributed by atoms with van der Waals surface area (Å²) >= 11 is 0. The molecule has 4 unspecified atom stereocenters. The number of alkyl carbamates (subject to hydrolysis) is 1. The molecule has 0 saturated heterocycles. The maximum Gasteiger partial charge on any atom is 0.407 e. The van der Waals surface area contributed by atoms with Gasteiger partial charge in [0.2, 0.25) is 23.6 Å². The van der Waals surface area contributed by atoms with Crippen LogP contribution in [-0.4, -0.2) is 126 Å². The Morgan fingerprint density at radius 2 is 1.02 bits per heavy atom. The van der Waals surface area contributed by atoms with Gasteiger partial charge >= 0.3 is 6.09 Å². The first-order chi connectivity index (χ1) is 30.2. The number of nitrogens with two attached hydrogens (primary N) is 1. The van der Waals surface area contributed by atoms with Gasteiger partial charge in [-0.3, -0.25) is 28.8 Å². The zero-order valence-corrected chi connectivity index (χ0v) is 38.1. The molecule has 0 aliphatic heterocycles. The van der Waals surface area contributed by atoms with Crippen molar-refractivity contribution in [1.82, 2.24) is 36.4 Å². The summed E-state index contributed by atoms with van der Waals surface area (Å²) < 4.78 is 5.23. The minimum Gasteiger partial charge on any atom is -0.445 e. The minimum atomic E-state index is -1.65. The van der Waals surface area contributed by atoms with Gasteiger partial charge in [0.25, 0.3) is 11.8 Å². The quantitative estimate of drug-likeness (QED) is 0.0765. The summed E-state index contributed by atoms with van der Waals surface area (Å²) in [6.45, 7) is 6.05. The fourth-order valence-electron chi connectivity index (χ4n) is 6.38. The van der Waals surface area contributed by atoms with E-state index in [1.807, 2.05) is 38.1 Å². The summed E-state index contributed by atoms with van der Waals surface area (Å²) in [4.78, 5) is 89.8. The maximum atomic E-state index is 12.7. The van der Waals surface area contributed by atoms with Gasteiger partial charge in [0.15, 0.2) is 6.10 Å². The Kier molecular flexibility index (Phi) is 22.1. The van der Waals surface area contributed by atoms with Crippen LogP contribution in [0.15, 0.2) is 91.0 Å². The van der Waals surface area contributed by atoms with E-state index in [2.05, 4.69) is 26.6 Å². The van der Waals surface area contributed by atoms with Crippen LogP contribution in [0.1, 0.15) is 82.2 Å². The number of ether oxygens (including phenoxy) is 1. The Morgan fingerprint density at radius 1 is 0.625 bits per heavy atom. The standard InChI is InChI=1S/C27H36N4O6.C19H30N4O4/c1-5-16-27(2,30-26(36)37-18-19-12-8-6-9-13-19)23(33)24(34)28-17-21(32)29-22(25(35)31(3)4)20-14-10-7-11-15-20;1-5-11-19(2,20)16(25)17(26)21-12-14(24)22-15(18(27)23(3)4)13-9-7-6-8-10-13/h6-15,22-23,33H,5,16-18H2,1-4H3,(H,28,34)(H,29,32)(H,30,36);6-10,15-16,25H,5,11-12,20H2,1-4H3,(H,21,26)(H,22,24)/t22-,23?,27?;15-,16?,19?/m00/s1. The summed E-state index contributed by atoms with van der Waals surface area (Å²) in [5, 5.41) is 33.4. The molecule has 350 valence electrons. The lowest BCUT2D eigenvalue weighted by Gasteiger charge is -2.34. The van der Waals surface area contributed by atoms with Gasteiger partial charge in [-0.1, -0.05) is 118 Å². The van der Waals surface area contributed by atoms with Crippen molar-refractivity contribution in [2.24, 2.45) is 5.73 Å². The smallest absolute Gasteiger partial charge is 0.407 e. The summed E-state index contributed by atoms with van der Waals surface area (Å²) in [7, 11) is 6.35. The first-order valence-corrected chi connectivity index (χ1v) is 21.0. The molecular formula is C46H66N8O10. The van der Waals surface area contributed by atoms with E-state index in [0.29, 0.717) is 30.4 Å². The molecule has 9 N–H and O–H groups in total. The molecule has 0 heterocycles. The number of aliphatic hydroxyl groups is 2. The number of carbonyl (C=O) groups is 7. The Bertz CT molecular complexity index is 1970. The van der Waals surface area contributed by atoms with E-state index in [9.17, 15) is 43.8 Å². The summed E-state index contributed by atoms with van der Waals surface area (Å²) in [5.74, 6) is -3.35. The second-order valence-corrected chi connectivity index (χ2v) is 16.1. The molecule has 0 bridgehead atoms. The predicted octanol–water partition coefficient (Wildman–Crippen LogP) is 1.82. The monoisotopic (exact) mass is 890 g/mol. The van der Waals surface area contributed by atoms with Crippen molar-refractivity contribution >= 4 is 41.5 Å². The second-order valence-electron chi connectivity index (χ2n) is 16.1. The van der Waals surface area contributed by atoms with E-state index >= 15 is 0 Å². The topological polar surface area (TPSA) is 262 Å². The van der Waals surface area contributed by atoms with Crippen LogP contribution < -0.4 is 32.3 Å². The van der Waals surface area contributed by atoms with Crippen LogP contribution in [0, 0.1) is 0 Å². The number of hydrogen-bond acceptors (Lipinski definition) is 11. The van der Waals surface area contributed by atoms with E-state index in [1.165, 1.54) is 16.7 Å². The van der Waals surface area contributed by atoms with Crippen LogP contribution in [0.5, 0.6) is 0 Å². The molecule has 3 aromatic carbocycles. The molecular weight excluding hydrogens is 825 g/mol. The average Bonchev–Trinajstić information content (AvgIpc) is 3.27. The van der Waals surface area contributed by atoms with Gasteiger partial charge in [-0.2, -0.15) is 0 Å². The van der Waals surface area contributed by atoms with Gasteiger partial charge in [-0.25, -0.2) is 4.79 Å². The number of rotatable bonds is 21. The highest BCUT2D eigenvalue weighted by Crippen LogP contribution is 2.20. The van der Waals surface area contributed by atoms with E-state index < -0.39 is 71.6 Å². The van der Waals surface area contributed by atoms with Crippen molar-refractivity contribution in [3.8, 4) is 0 Å². The lowest BCUT2D eigenvalue weighted by Crippen LogP contribution is -2.60. The van der Waals surface area contributed by atoms with Crippen LogP contribution in [0.4, 0.5) is 4.79 Å². The fourth-order valence-corrected chi connectivity index (χ4v) is 6.38. The number of hydrogen-bond donors (Lipinski definition) is 8. The first-order valence-electron chi connectivity index (χ1n) is 21.0. The summed E-state index contributed by atoms with van der Waals surface area (Å²) in [5.41, 5.74) is 5.55. The van der Waals surface area contributed by atoms with Gasteiger partial charge in [0.1, 0.15) is 24.8 Å². The zero-order valence-electron chi connectivity index (χ0n) is 38.1. The summed E-state index contributed by atoms with van der Waals surface area (Å²) in [6, 6.07) is 24.8. The van der Waals surface area contributed by atoms with Crippen molar-refractivity contribution in [3.63, 3.8) is 0 Å². The fraction of sp³-hybridized carbons (Fsp3) is 0.457. The number of nitrogens with zero attached hydrogens (tertiary/aromatic N) is 2. The van der Waals surface area contributed by atoms with E-state index in [-0.39, 0.29) is 31.4 Å². The Hall–Kier alpha value is -6.37. The normalized spacial score (nSPS) is 14.4. The highest BCUT2D eigenvalue weighted by molar-refractivity contribution is 5.93. The van der Waals surface area contributed by atoms with E-state index in [0.717, 1.165) is 5.56 Å². The van der Waals surface area contributed by atoms with Crippen LogP contribution in [0.2, 0.25) is 0 Å². The first kappa shape index (κ1) is 53.8. The SMILES string of the molecule is CCCC(C)(N)C(O)C(=O)NCC(=O)N[C@H](C(=O)N(C)C)c1ccccc1.CCCC(C)(NC(=O)OCc1ccccc1)C(O)C(=O)NCC(=O)N[C@H](C(=O)N(C)C)c1ccccc1. The molecule has 0 aliphatic rings. The largest absolute Gasteiger partial charge is 0.445 e. The van der Waals surface area contributed by atoms with E-state index in [1.54, 1.807) is 102 Å². The van der Waals surface area contributed by atoms with Gasteiger partial charge in [-0.05, 0) is 43.4 Å². The molecule has 0 aromatic heterocycles. The number of carbonyl (C=O) groups excluding carboxylic acids is 7.